The second-order valence-corrected chi connectivity index (χ2v) is 5.79. The molecular weight excluding hydrogens is 280 g/mol. The average Bonchev–Trinajstić information content (AvgIpc) is 2.48. The fourth-order valence-electron chi connectivity index (χ4n) is 1.66. The standard InChI is InChI=1S/C14H22O5S/c1-5-12(19-20(4,15)16)7-6-11-8-13(17-2)10-14(9-11)18-3/h8-10,12H,5-7H2,1-4H3/i1D3,5D2. The van der Waals surface area contributed by atoms with E-state index in [2.05, 4.69) is 0 Å². The van der Waals surface area contributed by atoms with Crippen LogP contribution in [0.25, 0.3) is 0 Å². The maximum absolute atomic E-state index is 11.4. The molecule has 0 bridgehead atoms. The number of aryl methyl sites for hydroxylation is 1. The maximum Gasteiger partial charge on any atom is 0.264 e. The zero-order valence-corrected chi connectivity index (χ0v) is 12.5. The Hall–Kier alpha value is -1.27. The SMILES string of the molecule is [2H]C([2H])([2H])C([2H])([2H])C(CCc1cc(OC)cc(OC)c1)OS(C)(=O)=O. The molecule has 20 heavy (non-hydrogen) atoms. The van der Waals surface area contributed by atoms with Crippen LogP contribution in [-0.4, -0.2) is 35.0 Å². The van der Waals surface area contributed by atoms with Crippen LogP contribution in [0, 0.1) is 0 Å². The van der Waals surface area contributed by atoms with Crippen molar-refractivity contribution in [1.29, 1.82) is 0 Å². The molecule has 5 nitrogen and oxygen atoms in total. The lowest BCUT2D eigenvalue weighted by Gasteiger charge is -2.15. The highest BCUT2D eigenvalue weighted by Gasteiger charge is 2.14. The van der Waals surface area contributed by atoms with Crippen LogP contribution in [0.1, 0.15) is 32.1 Å². The molecule has 0 amide bonds. The first-order valence-corrected chi connectivity index (χ1v) is 7.72. The molecule has 0 spiro atoms. The highest BCUT2D eigenvalue weighted by molar-refractivity contribution is 7.86. The van der Waals surface area contributed by atoms with Crippen LogP contribution < -0.4 is 9.47 Å². The number of hydrogen-bond donors (Lipinski definition) is 0. The van der Waals surface area contributed by atoms with Crippen LogP contribution in [-0.2, 0) is 20.7 Å². The van der Waals surface area contributed by atoms with Gasteiger partial charge in [0, 0.05) is 12.9 Å². The van der Waals surface area contributed by atoms with E-state index in [0.29, 0.717) is 17.1 Å². The van der Waals surface area contributed by atoms with E-state index in [1.165, 1.54) is 14.2 Å². The molecule has 0 saturated carbocycles. The van der Waals surface area contributed by atoms with Crippen LogP contribution in [0.2, 0.25) is 0 Å². The molecule has 0 saturated heterocycles. The number of hydrogen-bond acceptors (Lipinski definition) is 5. The minimum absolute atomic E-state index is 0.158. The van der Waals surface area contributed by atoms with Gasteiger partial charge in [0.1, 0.15) is 11.5 Å². The zero-order valence-electron chi connectivity index (χ0n) is 16.7. The van der Waals surface area contributed by atoms with E-state index < -0.39 is 29.4 Å². The van der Waals surface area contributed by atoms with Crippen molar-refractivity contribution >= 4 is 10.1 Å². The maximum atomic E-state index is 11.4. The van der Waals surface area contributed by atoms with Gasteiger partial charge in [0.25, 0.3) is 10.1 Å². The van der Waals surface area contributed by atoms with Gasteiger partial charge < -0.3 is 9.47 Å². The van der Waals surface area contributed by atoms with Gasteiger partial charge in [-0.25, -0.2) is 0 Å². The quantitative estimate of drug-likeness (QED) is 0.690. The average molecular weight is 307 g/mol. The predicted molar refractivity (Wildman–Crippen MR) is 77.9 cm³/mol. The van der Waals surface area contributed by atoms with Crippen LogP contribution in [0.3, 0.4) is 0 Å². The van der Waals surface area contributed by atoms with Gasteiger partial charge in [0.2, 0.25) is 0 Å². The summed E-state index contributed by atoms with van der Waals surface area (Å²) in [6.07, 6.45) is -3.73. The Kier molecular flexibility index (Phi) is 3.92. The lowest BCUT2D eigenvalue weighted by atomic mass is 10.0. The summed E-state index contributed by atoms with van der Waals surface area (Å²) in [5.41, 5.74) is 0.666. The highest BCUT2D eigenvalue weighted by atomic mass is 32.2. The smallest absolute Gasteiger partial charge is 0.264 e. The van der Waals surface area contributed by atoms with Crippen LogP contribution in [0.4, 0.5) is 0 Å². The Morgan fingerprint density at radius 2 is 1.85 bits per heavy atom. The molecule has 1 aromatic carbocycles. The molecule has 1 rings (SSSR count). The summed E-state index contributed by atoms with van der Waals surface area (Å²) in [5.74, 6) is 1.02. The first-order valence-electron chi connectivity index (χ1n) is 8.40. The minimum atomic E-state index is -4.04. The number of benzene rings is 1. The fourth-order valence-corrected chi connectivity index (χ4v) is 2.23. The van der Waals surface area contributed by atoms with E-state index in [-0.39, 0.29) is 12.8 Å². The van der Waals surface area contributed by atoms with Crippen molar-refractivity contribution in [2.75, 3.05) is 20.5 Å². The van der Waals surface area contributed by atoms with Crippen molar-refractivity contribution in [3.63, 3.8) is 0 Å². The Balaban J connectivity index is 3.07. The van der Waals surface area contributed by atoms with E-state index in [4.69, 9.17) is 20.5 Å². The molecule has 6 heteroatoms. The first kappa shape index (κ1) is 10.5. The van der Waals surface area contributed by atoms with E-state index in [1.807, 2.05) is 0 Å². The molecule has 1 atom stereocenters. The van der Waals surface area contributed by atoms with Gasteiger partial charge in [-0.05, 0) is 36.9 Å². The normalized spacial score (nSPS) is 18.1. The van der Waals surface area contributed by atoms with Crippen molar-refractivity contribution in [1.82, 2.24) is 0 Å². The fraction of sp³-hybridized carbons (Fsp3) is 0.571. The second-order valence-electron chi connectivity index (χ2n) is 4.19. The number of methoxy groups -OCH3 is 2. The predicted octanol–water partition coefficient (Wildman–Crippen LogP) is 2.39. The minimum Gasteiger partial charge on any atom is -0.497 e. The Bertz CT molecular complexity index is 665. The lowest BCUT2D eigenvalue weighted by molar-refractivity contribution is 0.196. The van der Waals surface area contributed by atoms with Crippen molar-refractivity contribution in [3.8, 4) is 11.5 Å². The van der Waals surface area contributed by atoms with E-state index in [1.54, 1.807) is 18.2 Å². The zero-order chi connectivity index (χ0) is 19.5. The Morgan fingerprint density at radius 1 is 1.25 bits per heavy atom. The largest absolute Gasteiger partial charge is 0.497 e. The third-order valence-electron chi connectivity index (χ3n) is 2.56. The van der Waals surface area contributed by atoms with Crippen LogP contribution in [0.15, 0.2) is 18.2 Å². The molecule has 0 aliphatic carbocycles. The van der Waals surface area contributed by atoms with Crippen LogP contribution in [0.5, 0.6) is 11.5 Å². The molecular formula is C14H22O5S. The van der Waals surface area contributed by atoms with Gasteiger partial charge in [-0.1, -0.05) is 6.85 Å². The molecule has 0 N–H and O–H groups in total. The van der Waals surface area contributed by atoms with Gasteiger partial charge in [0.15, 0.2) is 0 Å². The van der Waals surface area contributed by atoms with E-state index >= 15 is 0 Å². The molecule has 0 radical (unpaired) electrons. The van der Waals surface area contributed by atoms with Gasteiger partial charge >= 0.3 is 0 Å². The van der Waals surface area contributed by atoms with E-state index in [0.717, 1.165) is 6.26 Å². The topological polar surface area (TPSA) is 61.8 Å². The molecule has 114 valence electrons. The van der Waals surface area contributed by atoms with E-state index in [9.17, 15) is 8.42 Å². The third-order valence-corrected chi connectivity index (χ3v) is 3.14. The number of rotatable bonds is 8. The van der Waals surface area contributed by atoms with Crippen LogP contribution >= 0.6 is 0 Å². The van der Waals surface area contributed by atoms with Crippen molar-refractivity contribution < 1.29 is 28.9 Å². The summed E-state index contributed by atoms with van der Waals surface area (Å²) < 4.78 is 75.4. The van der Waals surface area contributed by atoms with Gasteiger partial charge in [-0.3, -0.25) is 4.18 Å². The number of ether oxygens (including phenoxy) is 2. The highest BCUT2D eigenvalue weighted by Crippen LogP contribution is 2.24. The molecule has 1 aromatic rings. The molecule has 0 aliphatic rings. The monoisotopic (exact) mass is 307 g/mol. The summed E-state index contributed by atoms with van der Waals surface area (Å²) in [7, 11) is -1.09. The summed E-state index contributed by atoms with van der Waals surface area (Å²) in [4.78, 5) is 0. The van der Waals surface area contributed by atoms with Gasteiger partial charge in [-0.15, -0.1) is 0 Å². The van der Waals surface area contributed by atoms with Crippen molar-refractivity contribution in [3.05, 3.63) is 23.8 Å². The lowest BCUT2D eigenvalue weighted by Crippen LogP contribution is -2.17. The van der Waals surface area contributed by atoms with Crippen molar-refractivity contribution in [2.45, 2.75) is 32.2 Å². The summed E-state index contributed by atoms with van der Waals surface area (Å²) in [6, 6.07) is 4.99. The molecule has 0 heterocycles. The molecule has 0 fully saturated rings. The van der Waals surface area contributed by atoms with Gasteiger partial charge in [0.05, 0.1) is 26.6 Å². The molecule has 0 aliphatic heterocycles. The third kappa shape index (κ3) is 5.79. The second kappa shape index (κ2) is 7.50. The van der Waals surface area contributed by atoms with Gasteiger partial charge in [-0.2, -0.15) is 8.42 Å². The summed E-state index contributed by atoms with van der Waals surface area (Å²) in [6.45, 7) is -3.03. The summed E-state index contributed by atoms with van der Waals surface area (Å²) in [5, 5.41) is 0. The molecule has 0 aromatic heterocycles. The first-order chi connectivity index (χ1) is 11.3. The Labute approximate surface area is 128 Å². The van der Waals surface area contributed by atoms with Crippen molar-refractivity contribution in [2.24, 2.45) is 0 Å². The molecule has 1 unspecified atom stereocenters. The summed E-state index contributed by atoms with van der Waals surface area (Å²) >= 11 is 0. The Morgan fingerprint density at radius 3 is 2.30 bits per heavy atom.